The van der Waals surface area contributed by atoms with Gasteiger partial charge in [0.15, 0.2) is 6.10 Å². The Labute approximate surface area is 480 Å². The highest BCUT2D eigenvalue weighted by Crippen LogP contribution is 2.14. The Kier molecular flexibility index (Phi) is 60.4. The van der Waals surface area contributed by atoms with Crippen LogP contribution < -0.4 is 0 Å². The van der Waals surface area contributed by atoms with Gasteiger partial charge in [0, 0.05) is 19.3 Å². The molecule has 0 fully saturated rings. The van der Waals surface area contributed by atoms with E-state index in [1.807, 2.05) is 0 Å². The van der Waals surface area contributed by atoms with Gasteiger partial charge in [0.25, 0.3) is 0 Å². The summed E-state index contributed by atoms with van der Waals surface area (Å²) < 4.78 is 16.8. The molecule has 1 unspecified atom stereocenters. The largest absolute Gasteiger partial charge is 0.462 e. The lowest BCUT2D eigenvalue weighted by atomic mass is 10.1. The summed E-state index contributed by atoms with van der Waals surface area (Å²) in [5.74, 6) is -0.948. The van der Waals surface area contributed by atoms with Crippen molar-refractivity contribution in [3.8, 4) is 0 Å². The topological polar surface area (TPSA) is 78.9 Å². The van der Waals surface area contributed by atoms with Crippen molar-refractivity contribution in [2.24, 2.45) is 0 Å². The van der Waals surface area contributed by atoms with Crippen molar-refractivity contribution in [2.45, 2.75) is 264 Å². The molecule has 0 heterocycles. The Hall–Kier alpha value is -4.97. The van der Waals surface area contributed by atoms with Crippen LogP contribution in [0.1, 0.15) is 258 Å². The van der Waals surface area contributed by atoms with Gasteiger partial charge in [-0.05, 0) is 128 Å². The number of allylic oxidation sites excluding steroid dienone is 26. The van der Waals surface area contributed by atoms with E-state index in [0.717, 1.165) is 173 Å². The average Bonchev–Trinajstić information content (AvgIpc) is 3.44. The lowest BCUT2D eigenvalue weighted by molar-refractivity contribution is -0.167. The molecule has 0 radical (unpaired) electrons. The van der Waals surface area contributed by atoms with Gasteiger partial charge in [-0.15, -0.1) is 0 Å². The van der Waals surface area contributed by atoms with Gasteiger partial charge in [-0.1, -0.05) is 269 Å². The summed E-state index contributed by atoms with van der Waals surface area (Å²) in [7, 11) is 0. The highest BCUT2D eigenvalue weighted by Gasteiger charge is 2.19. The maximum absolute atomic E-state index is 12.9. The molecule has 0 aromatic rings. The van der Waals surface area contributed by atoms with Crippen molar-refractivity contribution in [3.05, 3.63) is 158 Å². The van der Waals surface area contributed by atoms with Gasteiger partial charge >= 0.3 is 17.9 Å². The van der Waals surface area contributed by atoms with E-state index < -0.39 is 6.10 Å². The van der Waals surface area contributed by atoms with Gasteiger partial charge in [0.2, 0.25) is 0 Å². The van der Waals surface area contributed by atoms with Crippen molar-refractivity contribution in [1.82, 2.24) is 0 Å². The zero-order valence-corrected chi connectivity index (χ0v) is 50.1. The van der Waals surface area contributed by atoms with Crippen molar-refractivity contribution >= 4 is 17.9 Å². The van der Waals surface area contributed by atoms with Gasteiger partial charge in [-0.25, -0.2) is 0 Å². The molecule has 0 amide bonds. The second kappa shape index (κ2) is 64.6. The average molecular weight is 1080 g/mol. The molecule has 1 atom stereocenters. The Balaban J connectivity index is 4.32. The minimum Gasteiger partial charge on any atom is -0.462 e. The summed E-state index contributed by atoms with van der Waals surface area (Å²) >= 11 is 0. The molecule has 0 aliphatic rings. The summed E-state index contributed by atoms with van der Waals surface area (Å²) in [5.41, 5.74) is 0. The summed E-state index contributed by atoms with van der Waals surface area (Å²) in [6.45, 7) is 6.35. The Morgan fingerprint density at radius 3 is 0.782 bits per heavy atom. The third-order valence-electron chi connectivity index (χ3n) is 12.8. The molecule has 78 heavy (non-hydrogen) atoms. The number of ether oxygens (including phenoxy) is 3. The zero-order chi connectivity index (χ0) is 56.4. The second-order valence-electron chi connectivity index (χ2n) is 20.2. The predicted molar refractivity (Wildman–Crippen MR) is 338 cm³/mol. The Morgan fingerprint density at radius 1 is 0.269 bits per heavy atom. The van der Waals surface area contributed by atoms with Crippen LogP contribution in [-0.2, 0) is 28.6 Å². The smallest absolute Gasteiger partial charge is 0.306 e. The molecular formula is C72H114O6. The molecule has 0 spiro atoms. The summed E-state index contributed by atoms with van der Waals surface area (Å²) in [6.07, 6.45) is 93.9. The SMILES string of the molecule is CC/C=C\C/C=C\C/C=C\C/C=C\C/C=C\C/C=C\C/C=C\C/C=C\C/C=C\CCCCCCCC(=O)OCC(COC(=O)CCCCCCCCCCCC)OC(=O)CCCCCC/C=C\C/C=C\C/C=C\C/C=C\CC. The molecule has 0 aliphatic carbocycles. The van der Waals surface area contributed by atoms with E-state index in [1.165, 1.54) is 44.9 Å². The number of hydrogen-bond acceptors (Lipinski definition) is 6. The van der Waals surface area contributed by atoms with Crippen molar-refractivity contribution in [2.75, 3.05) is 13.2 Å². The lowest BCUT2D eigenvalue weighted by Crippen LogP contribution is -2.30. The maximum atomic E-state index is 12.9. The molecule has 6 heteroatoms. The van der Waals surface area contributed by atoms with Crippen LogP contribution in [0.15, 0.2) is 158 Å². The van der Waals surface area contributed by atoms with E-state index in [9.17, 15) is 14.4 Å². The van der Waals surface area contributed by atoms with E-state index >= 15 is 0 Å². The number of rotatable bonds is 55. The van der Waals surface area contributed by atoms with Crippen LogP contribution in [0.4, 0.5) is 0 Å². The number of unbranched alkanes of at least 4 members (excludes halogenated alkanes) is 18. The minimum absolute atomic E-state index is 0.0983. The fourth-order valence-corrected chi connectivity index (χ4v) is 8.13. The van der Waals surface area contributed by atoms with Crippen LogP contribution in [0.25, 0.3) is 0 Å². The highest BCUT2D eigenvalue weighted by atomic mass is 16.6. The van der Waals surface area contributed by atoms with Gasteiger partial charge in [-0.2, -0.15) is 0 Å². The van der Waals surface area contributed by atoms with Crippen molar-refractivity contribution in [1.29, 1.82) is 0 Å². The van der Waals surface area contributed by atoms with E-state index in [-0.39, 0.29) is 31.1 Å². The van der Waals surface area contributed by atoms with E-state index in [2.05, 4.69) is 179 Å². The molecule has 0 saturated heterocycles. The third kappa shape index (κ3) is 61.9. The van der Waals surface area contributed by atoms with Crippen molar-refractivity contribution in [3.63, 3.8) is 0 Å². The van der Waals surface area contributed by atoms with Crippen LogP contribution in [0.3, 0.4) is 0 Å². The third-order valence-corrected chi connectivity index (χ3v) is 12.8. The number of carbonyl (C=O) groups is 3. The van der Waals surface area contributed by atoms with Crippen LogP contribution in [-0.4, -0.2) is 37.2 Å². The van der Waals surface area contributed by atoms with Gasteiger partial charge in [-0.3, -0.25) is 14.4 Å². The minimum atomic E-state index is -0.804. The number of hydrogen-bond donors (Lipinski definition) is 0. The Morgan fingerprint density at radius 2 is 0.500 bits per heavy atom. The summed E-state index contributed by atoms with van der Waals surface area (Å²) in [4.78, 5) is 38.2. The first-order chi connectivity index (χ1) is 38.5. The summed E-state index contributed by atoms with van der Waals surface area (Å²) in [5, 5.41) is 0. The van der Waals surface area contributed by atoms with Gasteiger partial charge < -0.3 is 14.2 Å². The standard InChI is InChI=1S/C72H114O6/c1-4-7-10-13-16-19-22-24-26-28-29-30-31-32-33-34-35-36-37-38-39-40-41-42-43-45-46-48-50-53-56-59-62-65-71(74)77-68-69(67-76-70(73)64-61-58-55-52-21-18-15-12-9-6-3)78-72(75)66-63-60-57-54-51-49-47-44-27-25-23-20-17-14-11-8-5-2/h7-8,10-11,16-17,19-20,24-27,29-30,32-33,35-36,38-39,41-42,45-47,49,69H,4-6,9,12-15,18,21-23,28,31,34,37,40,43-44,48,50-68H2,1-3H3/b10-7-,11-8-,19-16-,20-17-,26-24-,27-25-,30-29-,33-32-,36-35-,39-38-,42-41-,46-45-,49-47-. The van der Waals surface area contributed by atoms with Crippen LogP contribution >= 0.6 is 0 Å². The fraction of sp³-hybridized carbons (Fsp3) is 0.597. The first kappa shape index (κ1) is 73.0. The number of esters is 3. The molecular weight excluding hydrogens is 961 g/mol. The first-order valence-electron chi connectivity index (χ1n) is 31.5. The first-order valence-corrected chi connectivity index (χ1v) is 31.5. The molecule has 0 aliphatic heterocycles. The van der Waals surface area contributed by atoms with Gasteiger partial charge in [0.05, 0.1) is 0 Å². The molecule has 0 bridgehead atoms. The molecule has 0 saturated carbocycles. The quantitative estimate of drug-likeness (QED) is 0.0261. The van der Waals surface area contributed by atoms with E-state index in [0.29, 0.717) is 19.3 Å². The fourth-order valence-electron chi connectivity index (χ4n) is 8.13. The predicted octanol–water partition coefficient (Wildman–Crippen LogP) is 21.7. The molecule has 438 valence electrons. The van der Waals surface area contributed by atoms with Gasteiger partial charge in [0.1, 0.15) is 13.2 Å². The monoisotopic (exact) mass is 1070 g/mol. The number of carbonyl (C=O) groups excluding carboxylic acids is 3. The molecule has 0 aromatic carbocycles. The van der Waals surface area contributed by atoms with Crippen LogP contribution in [0, 0.1) is 0 Å². The second-order valence-corrected chi connectivity index (χ2v) is 20.2. The highest BCUT2D eigenvalue weighted by molar-refractivity contribution is 5.71. The van der Waals surface area contributed by atoms with E-state index in [1.54, 1.807) is 0 Å². The van der Waals surface area contributed by atoms with Crippen molar-refractivity contribution < 1.29 is 28.6 Å². The normalized spacial score (nSPS) is 13.2. The maximum Gasteiger partial charge on any atom is 0.306 e. The molecule has 0 N–H and O–H groups in total. The Bertz CT molecular complexity index is 1760. The molecule has 0 aromatic heterocycles. The summed E-state index contributed by atoms with van der Waals surface area (Å²) in [6, 6.07) is 0. The van der Waals surface area contributed by atoms with Crippen LogP contribution in [0.2, 0.25) is 0 Å². The molecule has 6 nitrogen and oxygen atoms in total. The molecule has 0 rings (SSSR count). The lowest BCUT2D eigenvalue weighted by Gasteiger charge is -2.18. The zero-order valence-electron chi connectivity index (χ0n) is 50.1. The van der Waals surface area contributed by atoms with Crippen LogP contribution in [0.5, 0.6) is 0 Å². The van der Waals surface area contributed by atoms with E-state index in [4.69, 9.17) is 14.2 Å².